The van der Waals surface area contributed by atoms with Crippen LogP contribution in [-0.4, -0.2) is 47.9 Å². The number of nitrogens with one attached hydrogen (secondary N) is 1. The standard InChI is InChI=1S/C26H31N3O2/c30-25(28-15-7-11-19-8-4-5-14-24(19)28)18-29-22-12-6-13-23(29)17-21(16-22)27-26(31)20-9-2-1-3-10-20/h1-5,8-10,14,21-23H,6-7,11-13,15-18H2,(H,27,31)/t22-,23-/m1/s1. The Bertz CT molecular complexity index is 931. The van der Waals surface area contributed by atoms with Gasteiger partial charge in [0.25, 0.3) is 5.91 Å². The number of para-hydroxylation sites is 1. The van der Waals surface area contributed by atoms with Crippen LogP contribution in [-0.2, 0) is 11.2 Å². The minimum absolute atomic E-state index is 0.0122. The van der Waals surface area contributed by atoms with E-state index in [1.165, 1.54) is 12.0 Å². The van der Waals surface area contributed by atoms with Crippen molar-refractivity contribution in [3.8, 4) is 0 Å². The van der Waals surface area contributed by atoms with Crippen LogP contribution in [0.4, 0.5) is 5.69 Å². The number of rotatable bonds is 4. The molecule has 2 amide bonds. The maximum absolute atomic E-state index is 13.3. The average molecular weight is 418 g/mol. The van der Waals surface area contributed by atoms with E-state index in [0.29, 0.717) is 24.2 Å². The number of carbonyl (C=O) groups excluding carboxylic acids is 2. The van der Waals surface area contributed by atoms with Crippen LogP contribution in [0.2, 0.25) is 0 Å². The van der Waals surface area contributed by atoms with Crippen LogP contribution in [0.3, 0.4) is 0 Å². The van der Waals surface area contributed by atoms with E-state index in [1.807, 2.05) is 41.3 Å². The Morgan fingerprint density at radius 3 is 2.39 bits per heavy atom. The van der Waals surface area contributed by atoms with Crippen LogP contribution >= 0.6 is 0 Å². The highest BCUT2D eigenvalue weighted by atomic mass is 16.2. The second kappa shape index (κ2) is 8.83. The molecule has 0 aromatic heterocycles. The van der Waals surface area contributed by atoms with Gasteiger partial charge < -0.3 is 10.2 Å². The number of hydrogen-bond donors (Lipinski definition) is 1. The molecule has 2 fully saturated rings. The largest absolute Gasteiger partial charge is 0.349 e. The second-order valence-electron chi connectivity index (χ2n) is 9.20. The van der Waals surface area contributed by atoms with Crippen molar-refractivity contribution in [2.24, 2.45) is 0 Å². The van der Waals surface area contributed by atoms with Crippen molar-refractivity contribution in [1.82, 2.24) is 10.2 Å². The van der Waals surface area contributed by atoms with Gasteiger partial charge in [0.1, 0.15) is 0 Å². The number of piperidine rings is 2. The summed E-state index contributed by atoms with van der Waals surface area (Å²) in [5.74, 6) is 0.231. The SMILES string of the molecule is O=C(NC1C[C@H]2CCC[C@H](C1)N2CC(=O)N1CCCc2ccccc21)c1ccccc1. The highest BCUT2D eigenvalue weighted by Gasteiger charge is 2.40. The minimum Gasteiger partial charge on any atom is -0.349 e. The van der Waals surface area contributed by atoms with Crippen LogP contribution in [0.25, 0.3) is 0 Å². The van der Waals surface area contributed by atoms with Crippen LogP contribution in [0.15, 0.2) is 54.6 Å². The zero-order valence-corrected chi connectivity index (χ0v) is 18.0. The van der Waals surface area contributed by atoms with Crippen LogP contribution in [0.1, 0.15) is 54.4 Å². The molecule has 2 saturated heterocycles. The van der Waals surface area contributed by atoms with Gasteiger partial charge in [-0.1, -0.05) is 42.8 Å². The third-order valence-electron chi connectivity index (χ3n) is 7.23. The average Bonchev–Trinajstić information content (AvgIpc) is 2.79. The topological polar surface area (TPSA) is 52.7 Å². The summed E-state index contributed by atoms with van der Waals surface area (Å²) in [4.78, 5) is 30.4. The molecule has 162 valence electrons. The third kappa shape index (κ3) is 4.24. The first kappa shape index (κ1) is 20.3. The summed E-state index contributed by atoms with van der Waals surface area (Å²) >= 11 is 0. The van der Waals surface area contributed by atoms with Gasteiger partial charge in [0.2, 0.25) is 5.91 Å². The van der Waals surface area contributed by atoms with Crippen molar-refractivity contribution in [2.45, 2.75) is 63.1 Å². The molecule has 2 bridgehead atoms. The van der Waals surface area contributed by atoms with Crippen LogP contribution in [0.5, 0.6) is 0 Å². The number of anilines is 1. The van der Waals surface area contributed by atoms with Gasteiger partial charge in [0.05, 0.1) is 6.54 Å². The van der Waals surface area contributed by atoms with E-state index >= 15 is 0 Å². The highest BCUT2D eigenvalue weighted by molar-refractivity contribution is 5.96. The molecule has 0 unspecified atom stereocenters. The monoisotopic (exact) mass is 417 g/mol. The first-order valence-electron chi connectivity index (χ1n) is 11.7. The van der Waals surface area contributed by atoms with Gasteiger partial charge in [-0.2, -0.15) is 0 Å². The molecule has 31 heavy (non-hydrogen) atoms. The molecule has 0 spiro atoms. The summed E-state index contributed by atoms with van der Waals surface area (Å²) in [7, 11) is 0. The number of fused-ring (bicyclic) bond motifs is 3. The molecular weight excluding hydrogens is 386 g/mol. The first-order valence-corrected chi connectivity index (χ1v) is 11.7. The minimum atomic E-state index is 0.0122. The fourth-order valence-corrected chi connectivity index (χ4v) is 5.75. The summed E-state index contributed by atoms with van der Waals surface area (Å²) in [6, 6.07) is 18.7. The molecule has 3 aliphatic heterocycles. The smallest absolute Gasteiger partial charge is 0.251 e. The molecule has 2 aromatic carbocycles. The van der Waals surface area contributed by atoms with Gasteiger partial charge in [-0.05, 0) is 62.3 Å². The molecule has 1 N–H and O–H groups in total. The Morgan fingerprint density at radius 1 is 0.903 bits per heavy atom. The zero-order chi connectivity index (χ0) is 21.2. The quantitative estimate of drug-likeness (QED) is 0.824. The van der Waals surface area contributed by atoms with Gasteiger partial charge in [0, 0.05) is 35.9 Å². The molecule has 0 aliphatic carbocycles. The molecule has 5 rings (SSSR count). The number of benzene rings is 2. The fourth-order valence-electron chi connectivity index (χ4n) is 5.75. The maximum Gasteiger partial charge on any atom is 0.251 e. The van der Waals surface area contributed by atoms with Crippen molar-refractivity contribution in [2.75, 3.05) is 18.0 Å². The van der Waals surface area contributed by atoms with E-state index in [1.54, 1.807) is 0 Å². The molecule has 0 radical (unpaired) electrons. The molecule has 0 saturated carbocycles. The summed E-state index contributed by atoms with van der Waals surface area (Å²) in [6.07, 6.45) is 7.38. The van der Waals surface area contributed by atoms with Crippen molar-refractivity contribution in [3.63, 3.8) is 0 Å². The summed E-state index contributed by atoms with van der Waals surface area (Å²) in [5.41, 5.74) is 3.09. The Hall–Kier alpha value is -2.66. The Labute approximate surface area is 184 Å². The van der Waals surface area contributed by atoms with Crippen molar-refractivity contribution >= 4 is 17.5 Å². The molecule has 3 heterocycles. The van der Waals surface area contributed by atoms with E-state index in [4.69, 9.17) is 0 Å². The second-order valence-corrected chi connectivity index (χ2v) is 9.20. The third-order valence-corrected chi connectivity index (χ3v) is 7.23. The molecule has 2 aromatic rings. The predicted octanol–water partition coefficient (Wildman–Crippen LogP) is 3.78. The number of nitrogens with zero attached hydrogens (tertiary/aromatic N) is 2. The predicted molar refractivity (Wildman–Crippen MR) is 122 cm³/mol. The maximum atomic E-state index is 13.3. The van der Waals surface area contributed by atoms with E-state index in [9.17, 15) is 9.59 Å². The Kier molecular flexibility index (Phi) is 5.77. The van der Waals surface area contributed by atoms with Crippen molar-refractivity contribution in [1.29, 1.82) is 0 Å². The van der Waals surface area contributed by atoms with Gasteiger partial charge in [-0.3, -0.25) is 14.5 Å². The van der Waals surface area contributed by atoms with Crippen LogP contribution < -0.4 is 10.2 Å². The molecular formula is C26H31N3O2. The van der Waals surface area contributed by atoms with E-state index < -0.39 is 0 Å². The lowest BCUT2D eigenvalue weighted by Crippen LogP contribution is -2.59. The molecule has 2 atom stereocenters. The van der Waals surface area contributed by atoms with E-state index in [2.05, 4.69) is 28.4 Å². The number of carbonyl (C=O) groups is 2. The lowest BCUT2D eigenvalue weighted by atomic mass is 9.81. The molecule has 3 aliphatic rings. The number of aryl methyl sites for hydroxylation is 1. The number of hydrogen-bond acceptors (Lipinski definition) is 3. The fraction of sp³-hybridized carbons (Fsp3) is 0.462. The zero-order valence-electron chi connectivity index (χ0n) is 18.0. The van der Waals surface area contributed by atoms with Gasteiger partial charge >= 0.3 is 0 Å². The van der Waals surface area contributed by atoms with Gasteiger partial charge in [0.15, 0.2) is 0 Å². The first-order chi connectivity index (χ1) is 15.2. The van der Waals surface area contributed by atoms with Gasteiger partial charge in [-0.25, -0.2) is 0 Å². The Morgan fingerprint density at radius 2 is 1.61 bits per heavy atom. The summed E-state index contributed by atoms with van der Waals surface area (Å²) in [6.45, 7) is 1.30. The van der Waals surface area contributed by atoms with E-state index in [0.717, 1.165) is 50.8 Å². The highest BCUT2D eigenvalue weighted by Crippen LogP contribution is 2.35. The lowest BCUT2D eigenvalue weighted by molar-refractivity contribution is -0.122. The van der Waals surface area contributed by atoms with Crippen LogP contribution in [0, 0.1) is 0 Å². The normalized spacial score (nSPS) is 25.5. The lowest BCUT2D eigenvalue weighted by Gasteiger charge is -2.49. The molecule has 5 heteroatoms. The van der Waals surface area contributed by atoms with Crippen molar-refractivity contribution < 1.29 is 9.59 Å². The van der Waals surface area contributed by atoms with Gasteiger partial charge in [-0.15, -0.1) is 0 Å². The van der Waals surface area contributed by atoms with E-state index in [-0.39, 0.29) is 17.9 Å². The molecule has 5 nitrogen and oxygen atoms in total. The summed E-state index contributed by atoms with van der Waals surface area (Å²) in [5, 5.41) is 3.25. The number of amides is 2. The summed E-state index contributed by atoms with van der Waals surface area (Å²) < 4.78 is 0. The Balaban J connectivity index is 1.25. The van der Waals surface area contributed by atoms with Crippen molar-refractivity contribution in [3.05, 3.63) is 65.7 Å².